The van der Waals surface area contributed by atoms with Crippen LogP contribution in [0.3, 0.4) is 0 Å². The van der Waals surface area contributed by atoms with Gasteiger partial charge in [-0.1, -0.05) is 42.3 Å². The van der Waals surface area contributed by atoms with E-state index in [1.54, 1.807) is 6.07 Å². The van der Waals surface area contributed by atoms with Gasteiger partial charge in [0.15, 0.2) is 5.78 Å². The molecule has 1 aromatic carbocycles. The van der Waals surface area contributed by atoms with Gasteiger partial charge in [0.1, 0.15) is 16.1 Å². The van der Waals surface area contributed by atoms with Crippen molar-refractivity contribution in [2.75, 3.05) is 0 Å². The lowest BCUT2D eigenvalue weighted by Gasteiger charge is -2.19. The molecule has 4 atom stereocenters. The van der Waals surface area contributed by atoms with Crippen molar-refractivity contribution in [2.24, 2.45) is 11.8 Å². The molecule has 28 heavy (non-hydrogen) atoms. The van der Waals surface area contributed by atoms with Crippen LogP contribution in [0.15, 0.2) is 36.1 Å². The smallest absolute Gasteiger partial charge is 0.173 e. The largest absolute Gasteiger partial charge is 0.511 e. The van der Waals surface area contributed by atoms with Crippen molar-refractivity contribution >= 4 is 34.6 Å². The third kappa shape index (κ3) is 2.55. The van der Waals surface area contributed by atoms with Gasteiger partial charge in [-0.05, 0) is 54.2 Å². The number of carbonyl (C=O) groups is 1. The van der Waals surface area contributed by atoms with Crippen molar-refractivity contribution in [3.63, 3.8) is 0 Å². The lowest BCUT2D eigenvalue weighted by molar-refractivity contribution is -0.118. The van der Waals surface area contributed by atoms with Crippen molar-refractivity contribution < 1.29 is 14.6 Å². The number of aliphatic hydroxyl groups is 1. The van der Waals surface area contributed by atoms with E-state index in [4.69, 9.17) is 27.9 Å². The number of nitrogens with zero attached hydrogens (tertiary/aromatic N) is 1. The molecule has 1 aromatic heterocycles. The van der Waals surface area contributed by atoms with E-state index in [-0.39, 0.29) is 35.6 Å². The highest BCUT2D eigenvalue weighted by Gasteiger charge is 2.59. The number of ether oxygens (including phenoxy) is 1. The zero-order chi connectivity index (χ0) is 19.6. The number of carbonyl (C=O) groups excluding carboxylic acids is 1. The quantitative estimate of drug-likeness (QED) is 0.694. The van der Waals surface area contributed by atoms with Gasteiger partial charge in [0.25, 0.3) is 0 Å². The number of fused-ring (bicyclic) bond motifs is 5. The van der Waals surface area contributed by atoms with E-state index in [9.17, 15) is 9.90 Å². The Bertz CT molecular complexity index is 1030. The van der Waals surface area contributed by atoms with E-state index in [1.807, 2.05) is 31.2 Å². The predicted molar refractivity (Wildman–Crippen MR) is 109 cm³/mol. The molecule has 2 aliphatic heterocycles. The highest BCUT2D eigenvalue weighted by molar-refractivity contribution is 6.34. The van der Waals surface area contributed by atoms with Crippen LogP contribution in [0.2, 0.25) is 10.3 Å². The SMILES string of the molecule is CCc1ccc(-c2ccc(Cl)nc2Cl)cc1C1=C(O)[C@H]2[C@@H](C1=O)[C@@H]1CC[C@H]2O1. The minimum atomic E-state index is -0.247. The number of aromatic nitrogens is 1. The fourth-order valence-corrected chi connectivity index (χ4v) is 5.45. The third-order valence-corrected chi connectivity index (χ3v) is 6.78. The van der Waals surface area contributed by atoms with Crippen molar-refractivity contribution in [3.8, 4) is 11.1 Å². The number of Topliss-reactive ketones (excluding diaryl/α,β-unsaturated/α-hetero) is 1. The van der Waals surface area contributed by atoms with E-state index in [0.29, 0.717) is 15.9 Å². The van der Waals surface area contributed by atoms with E-state index in [2.05, 4.69) is 4.98 Å². The summed E-state index contributed by atoms with van der Waals surface area (Å²) in [5, 5.41) is 11.6. The molecule has 5 rings (SSSR count). The van der Waals surface area contributed by atoms with Gasteiger partial charge in [-0.2, -0.15) is 0 Å². The Morgan fingerprint density at radius 2 is 1.86 bits per heavy atom. The molecule has 4 nitrogen and oxygen atoms in total. The number of ketones is 1. The van der Waals surface area contributed by atoms with E-state index < -0.39 is 0 Å². The van der Waals surface area contributed by atoms with Crippen molar-refractivity contribution in [2.45, 2.75) is 38.4 Å². The van der Waals surface area contributed by atoms with Crippen molar-refractivity contribution in [3.05, 3.63) is 57.5 Å². The Morgan fingerprint density at radius 3 is 2.54 bits per heavy atom. The third-order valence-electron chi connectivity index (χ3n) is 6.28. The van der Waals surface area contributed by atoms with Crippen molar-refractivity contribution in [1.29, 1.82) is 0 Å². The zero-order valence-electron chi connectivity index (χ0n) is 15.3. The van der Waals surface area contributed by atoms with Gasteiger partial charge in [-0.3, -0.25) is 4.79 Å². The molecule has 0 amide bonds. The normalized spacial score (nSPS) is 28.3. The molecule has 2 fully saturated rings. The summed E-state index contributed by atoms with van der Waals surface area (Å²) in [6, 6.07) is 9.39. The molecule has 0 saturated carbocycles. The molecule has 0 radical (unpaired) electrons. The first kappa shape index (κ1) is 18.2. The second-order valence-corrected chi connectivity index (χ2v) is 8.41. The first-order valence-corrected chi connectivity index (χ1v) is 10.3. The van der Waals surface area contributed by atoms with Gasteiger partial charge in [0.05, 0.1) is 29.6 Å². The first-order valence-electron chi connectivity index (χ1n) is 9.58. The van der Waals surface area contributed by atoms with E-state index in [1.165, 1.54) is 0 Å². The molecule has 0 spiro atoms. The van der Waals surface area contributed by atoms with Gasteiger partial charge in [0, 0.05) is 5.56 Å². The maximum atomic E-state index is 13.3. The molecule has 1 aliphatic carbocycles. The number of pyridine rings is 1. The Balaban J connectivity index is 1.64. The fraction of sp³-hybridized carbons (Fsp3) is 0.364. The summed E-state index contributed by atoms with van der Waals surface area (Å²) in [5.74, 6) is -0.255. The second kappa shape index (κ2) is 6.58. The monoisotopic (exact) mass is 415 g/mol. The molecule has 1 N–H and O–H groups in total. The maximum absolute atomic E-state index is 13.3. The minimum absolute atomic E-state index is 0.00174. The molecule has 2 aromatic rings. The van der Waals surface area contributed by atoms with Crippen LogP contribution >= 0.6 is 23.2 Å². The minimum Gasteiger partial charge on any atom is -0.511 e. The number of allylic oxidation sites excluding steroid dienone is 1. The summed E-state index contributed by atoms with van der Waals surface area (Å²) in [7, 11) is 0. The Hall–Kier alpha value is -1.88. The number of aryl methyl sites for hydroxylation is 1. The molecule has 144 valence electrons. The molecular formula is C22H19Cl2NO3. The van der Waals surface area contributed by atoms with Crippen molar-refractivity contribution in [1.82, 2.24) is 4.98 Å². The summed E-state index contributed by atoms with van der Waals surface area (Å²) in [5.41, 5.74) is 3.83. The molecular weight excluding hydrogens is 397 g/mol. The number of aliphatic hydroxyl groups excluding tert-OH is 1. The maximum Gasteiger partial charge on any atom is 0.173 e. The molecule has 3 heterocycles. The molecule has 0 unspecified atom stereocenters. The topological polar surface area (TPSA) is 59.4 Å². The standard InChI is InChI=1S/C22H19Cl2NO3/c1-2-10-3-4-11(12-5-8-16(23)25-22(12)24)9-13(10)17-20(26)18-14-6-7-15(28-14)19(18)21(17)27/h3-5,8-9,14-15,18-19,26H,2,6-7H2,1H3/t14-,15+,18-,19+/m1/s1. The molecule has 2 bridgehead atoms. The van der Waals surface area contributed by atoms with Gasteiger partial charge in [0.2, 0.25) is 0 Å². The van der Waals surface area contributed by atoms with Crippen LogP contribution in [0.25, 0.3) is 16.7 Å². The number of benzene rings is 1. The number of hydrogen-bond donors (Lipinski definition) is 1. The summed E-state index contributed by atoms with van der Waals surface area (Å²) in [4.78, 5) is 17.4. The van der Waals surface area contributed by atoms with Crippen LogP contribution in [-0.4, -0.2) is 28.1 Å². The number of rotatable bonds is 3. The number of halogens is 2. The highest BCUT2D eigenvalue weighted by Crippen LogP contribution is 2.54. The summed E-state index contributed by atoms with van der Waals surface area (Å²) in [6.45, 7) is 2.04. The highest BCUT2D eigenvalue weighted by atomic mass is 35.5. The van der Waals surface area contributed by atoms with Crippen LogP contribution in [-0.2, 0) is 16.0 Å². The van der Waals surface area contributed by atoms with E-state index >= 15 is 0 Å². The van der Waals surface area contributed by atoms with Crippen LogP contribution in [0.5, 0.6) is 0 Å². The summed E-state index contributed by atoms with van der Waals surface area (Å²) < 4.78 is 5.89. The molecule has 6 heteroatoms. The van der Waals surface area contributed by atoms with Gasteiger partial charge in [-0.25, -0.2) is 4.98 Å². The summed E-state index contributed by atoms with van der Waals surface area (Å²) in [6.07, 6.45) is 2.45. The van der Waals surface area contributed by atoms with Gasteiger partial charge < -0.3 is 9.84 Å². The van der Waals surface area contributed by atoms with E-state index in [0.717, 1.165) is 41.5 Å². The lowest BCUT2D eigenvalue weighted by atomic mass is 9.80. The van der Waals surface area contributed by atoms with Crippen LogP contribution in [0, 0.1) is 11.8 Å². The average molecular weight is 416 g/mol. The van der Waals surface area contributed by atoms with Crippen LogP contribution in [0.4, 0.5) is 0 Å². The summed E-state index contributed by atoms with van der Waals surface area (Å²) >= 11 is 12.2. The Morgan fingerprint density at radius 1 is 1.11 bits per heavy atom. The van der Waals surface area contributed by atoms with Crippen LogP contribution in [0.1, 0.15) is 30.9 Å². The van der Waals surface area contributed by atoms with Gasteiger partial charge in [-0.15, -0.1) is 0 Å². The lowest BCUT2D eigenvalue weighted by Crippen LogP contribution is -2.29. The first-order chi connectivity index (χ1) is 13.5. The predicted octanol–water partition coefficient (Wildman–Crippen LogP) is 5.26. The average Bonchev–Trinajstić information content (AvgIpc) is 3.35. The number of hydrogen-bond acceptors (Lipinski definition) is 4. The second-order valence-electron chi connectivity index (χ2n) is 7.66. The molecule has 3 aliphatic rings. The molecule has 2 saturated heterocycles. The zero-order valence-corrected chi connectivity index (χ0v) is 16.8. The van der Waals surface area contributed by atoms with Gasteiger partial charge >= 0.3 is 0 Å². The van der Waals surface area contributed by atoms with Crippen LogP contribution < -0.4 is 0 Å². The fourth-order valence-electron chi connectivity index (χ4n) is 5.00. The Kier molecular flexibility index (Phi) is 4.27. The Labute approximate surface area is 173 Å².